The van der Waals surface area contributed by atoms with E-state index in [9.17, 15) is 9.59 Å². The van der Waals surface area contributed by atoms with Gasteiger partial charge in [-0.3, -0.25) is 9.36 Å². The van der Waals surface area contributed by atoms with Gasteiger partial charge in [-0.15, -0.1) is 0 Å². The smallest absolute Gasteiger partial charge is 0.338 e. The van der Waals surface area contributed by atoms with Crippen LogP contribution < -0.4 is 5.56 Å². The summed E-state index contributed by atoms with van der Waals surface area (Å²) in [5, 5.41) is 4.41. The van der Waals surface area contributed by atoms with Gasteiger partial charge in [0, 0.05) is 19.0 Å². The number of nitrogens with zero attached hydrogens (tertiary/aromatic N) is 3. The summed E-state index contributed by atoms with van der Waals surface area (Å²) in [4.78, 5) is 30.2. The van der Waals surface area contributed by atoms with E-state index in [0.717, 1.165) is 37.9 Å². The summed E-state index contributed by atoms with van der Waals surface area (Å²) in [6.45, 7) is 0.653. The van der Waals surface area contributed by atoms with Gasteiger partial charge in [-0.05, 0) is 43.2 Å². The highest BCUT2D eigenvalue weighted by Gasteiger charge is 2.16. The highest BCUT2D eigenvalue weighted by molar-refractivity contribution is 5.94. The molecule has 31 heavy (non-hydrogen) atoms. The number of esters is 1. The molecule has 0 aliphatic carbocycles. The number of carbonyl (C=O) groups is 1. The second kappa shape index (κ2) is 8.22. The van der Waals surface area contributed by atoms with Gasteiger partial charge in [0.25, 0.3) is 5.56 Å². The normalized spacial score (nSPS) is 14.1. The molecule has 8 nitrogen and oxygen atoms in total. The summed E-state index contributed by atoms with van der Waals surface area (Å²) in [5.41, 5.74) is 1.28. The highest BCUT2D eigenvalue weighted by Crippen LogP contribution is 2.21. The van der Waals surface area contributed by atoms with E-state index >= 15 is 0 Å². The van der Waals surface area contributed by atoms with Crippen molar-refractivity contribution in [2.24, 2.45) is 0 Å². The first kappa shape index (κ1) is 19.3. The van der Waals surface area contributed by atoms with E-state index in [1.54, 1.807) is 41.0 Å². The number of benzene rings is 1. The molecule has 158 valence electrons. The quantitative estimate of drug-likeness (QED) is 0.459. The summed E-state index contributed by atoms with van der Waals surface area (Å²) in [6, 6.07) is 10.0. The molecular formula is C23H21N3O5. The van der Waals surface area contributed by atoms with E-state index in [2.05, 4.69) is 10.1 Å². The van der Waals surface area contributed by atoms with Crippen molar-refractivity contribution < 1.29 is 18.5 Å². The predicted octanol–water partition coefficient (Wildman–Crippen LogP) is 4.12. The molecule has 5 rings (SSSR count). The van der Waals surface area contributed by atoms with Crippen LogP contribution in [-0.4, -0.2) is 20.7 Å². The lowest BCUT2D eigenvalue weighted by Gasteiger charge is -2.16. The van der Waals surface area contributed by atoms with Gasteiger partial charge in [-0.2, -0.15) is 0 Å². The molecular weight excluding hydrogens is 398 g/mol. The maximum atomic E-state index is 12.9. The average Bonchev–Trinajstić information content (AvgIpc) is 3.45. The molecule has 4 aromatic rings. The summed E-state index contributed by atoms with van der Waals surface area (Å²) < 4.78 is 17.6. The first-order valence-electron chi connectivity index (χ1n) is 10.4. The third kappa shape index (κ3) is 3.88. The molecule has 1 aromatic carbocycles. The Balaban J connectivity index is 1.35. The van der Waals surface area contributed by atoms with Crippen LogP contribution in [0.3, 0.4) is 0 Å². The van der Waals surface area contributed by atoms with Crippen molar-refractivity contribution in [2.45, 2.75) is 45.3 Å². The van der Waals surface area contributed by atoms with Gasteiger partial charge in [-0.25, -0.2) is 9.78 Å². The fourth-order valence-corrected chi connectivity index (χ4v) is 3.86. The minimum Gasteiger partial charge on any atom is -0.461 e. The van der Waals surface area contributed by atoms with Gasteiger partial charge in [0.2, 0.25) is 5.76 Å². The third-order valence-corrected chi connectivity index (χ3v) is 5.48. The fourth-order valence-electron chi connectivity index (χ4n) is 3.86. The highest BCUT2D eigenvalue weighted by atomic mass is 16.5. The van der Waals surface area contributed by atoms with Crippen LogP contribution in [0.25, 0.3) is 22.4 Å². The summed E-state index contributed by atoms with van der Waals surface area (Å²) in [7, 11) is 0. The Morgan fingerprint density at radius 1 is 1.10 bits per heavy atom. The lowest BCUT2D eigenvalue weighted by atomic mass is 10.1. The molecule has 0 saturated heterocycles. The van der Waals surface area contributed by atoms with Crippen LogP contribution in [0.4, 0.5) is 0 Å². The van der Waals surface area contributed by atoms with Gasteiger partial charge < -0.3 is 13.7 Å². The maximum absolute atomic E-state index is 12.9. The molecule has 1 aliphatic rings. The number of furan rings is 1. The van der Waals surface area contributed by atoms with Crippen LogP contribution >= 0.6 is 0 Å². The molecule has 8 heteroatoms. The summed E-state index contributed by atoms with van der Waals surface area (Å²) >= 11 is 0. The minimum absolute atomic E-state index is 0.0403. The molecule has 0 saturated carbocycles. The lowest BCUT2D eigenvalue weighted by molar-refractivity contribution is 0.0464. The van der Waals surface area contributed by atoms with Crippen LogP contribution in [-0.2, 0) is 24.3 Å². The molecule has 0 bridgehead atoms. The zero-order valence-corrected chi connectivity index (χ0v) is 16.9. The van der Waals surface area contributed by atoms with Crippen LogP contribution in [0.2, 0.25) is 0 Å². The first-order chi connectivity index (χ1) is 15.2. The van der Waals surface area contributed by atoms with E-state index in [1.165, 1.54) is 6.26 Å². The van der Waals surface area contributed by atoms with Crippen molar-refractivity contribution in [2.75, 3.05) is 0 Å². The van der Waals surface area contributed by atoms with Crippen molar-refractivity contribution in [1.82, 2.24) is 14.7 Å². The molecule has 0 unspecified atom stereocenters. The monoisotopic (exact) mass is 419 g/mol. The van der Waals surface area contributed by atoms with Gasteiger partial charge in [0.15, 0.2) is 5.76 Å². The number of hydrogen-bond acceptors (Lipinski definition) is 7. The number of hydrogen-bond donors (Lipinski definition) is 0. The predicted molar refractivity (Wildman–Crippen MR) is 111 cm³/mol. The van der Waals surface area contributed by atoms with Crippen molar-refractivity contribution in [3.8, 4) is 11.5 Å². The average molecular weight is 419 g/mol. The van der Waals surface area contributed by atoms with Crippen molar-refractivity contribution in [3.63, 3.8) is 0 Å². The standard InChI is InChI=1S/C23H21N3O5/c27-22-17-9-8-15(12-18(17)24-21-7-3-1-2-4-10-26(21)22)23(28)30-14-16-13-20(31-25-16)19-6-5-11-29-19/h5-6,8-9,11-13H,1-4,7,10,14H2. The van der Waals surface area contributed by atoms with Gasteiger partial charge in [-0.1, -0.05) is 18.0 Å². The zero-order valence-electron chi connectivity index (χ0n) is 16.9. The number of aryl methyl sites for hydroxylation is 1. The minimum atomic E-state index is -0.516. The van der Waals surface area contributed by atoms with Crippen LogP contribution in [0.15, 0.2) is 56.4 Å². The Hall–Kier alpha value is -3.68. The Morgan fingerprint density at radius 3 is 2.87 bits per heavy atom. The van der Waals surface area contributed by atoms with Gasteiger partial charge in [0.1, 0.15) is 18.1 Å². The van der Waals surface area contributed by atoms with Crippen LogP contribution in [0, 0.1) is 0 Å². The molecule has 0 amide bonds. The largest absolute Gasteiger partial charge is 0.461 e. The Kier molecular flexibility index (Phi) is 5.11. The van der Waals surface area contributed by atoms with Crippen LogP contribution in [0.5, 0.6) is 0 Å². The number of ether oxygens (including phenoxy) is 1. The maximum Gasteiger partial charge on any atom is 0.338 e. The van der Waals surface area contributed by atoms with Crippen molar-refractivity contribution in [1.29, 1.82) is 0 Å². The second-order valence-corrected chi connectivity index (χ2v) is 7.62. The SMILES string of the molecule is O=C(OCc1cc(-c2ccco2)on1)c1ccc2c(=O)n3c(nc2c1)CCCCCC3. The fraction of sp³-hybridized carbons (Fsp3) is 0.304. The number of carbonyl (C=O) groups excluding carboxylic acids is 1. The Labute approximate surface area is 177 Å². The summed E-state index contributed by atoms with van der Waals surface area (Å²) in [5.74, 6) is 1.28. The van der Waals surface area contributed by atoms with E-state index in [1.807, 2.05) is 0 Å². The van der Waals surface area contributed by atoms with E-state index in [-0.39, 0.29) is 12.2 Å². The third-order valence-electron chi connectivity index (χ3n) is 5.48. The molecule has 1 aliphatic heterocycles. The zero-order chi connectivity index (χ0) is 21.2. The lowest BCUT2D eigenvalue weighted by Crippen LogP contribution is -2.26. The molecule has 4 heterocycles. The first-order valence-corrected chi connectivity index (χ1v) is 10.4. The number of aromatic nitrogens is 3. The molecule has 0 atom stereocenters. The van der Waals surface area contributed by atoms with E-state index < -0.39 is 5.97 Å². The molecule has 0 fully saturated rings. The Morgan fingerprint density at radius 2 is 2.00 bits per heavy atom. The van der Waals surface area contributed by atoms with Gasteiger partial charge in [0.05, 0.1) is 22.7 Å². The number of fused-ring (bicyclic) bond motifs is 2. The molecule has 0 radical (unpaired) electrons. The van der Waals surface area contributed by atoms with Crippen molar-refractivity contribution in [3.05, 3.63) is 70.1 Å². The van der Waals surface area contributed by atoms with E-state index in [0.29, 0.717) is 40.2 Å². The summed E-state index contributed by atoms with van der Waals surface area (Å²) in [6.07, 6.45) is 6.57. The number of rotatable bonds is 4. The second-order valence-electron chi connectivity index (χ2n) is 7.62. The van der Waals surface area contributed by atoms with Crippen molar-refractivity contribution >= 4 is 16.9 Å². The topological polar surface area (TPSA) is 100 Å². The van der Waals surface area contributed by atoms with E-state index in [4.69, 9.17) is 13.7 Å². The molecule has 3 aromatic heterocycles. The van der Waals surface area contributed by atoms with Gasteiger partial charge >= 0.3 is 5.97 Å². The molecule has 0 spiro atoms. The van der Waals surface area contributed by atoms with Crippen LogP contribution in [0.1, 0.15) is 47.6 Å². The molecule has 0 N–H and O–H groups in total. The Bertz CT molecular complexity index is 1290.